The van der Waals surface area contributed by atoms with E-state index in [0.717, 1.165) is 10.4 Å². The summed E-state index contributed by atoms with van der Waals surface area (Å²) >= 11 is 13.9. The molecule has 1 aromatic carbocycles. The van der Waals surface area contributed by atoms with Crippen LogP contribution in [0.15, 0.2) is 42.0 Å². The number of aromatic nitrogens is 3. The molecule has 19 heavy (non-hydrogen) atoms. The van der Waals surface area contributed by atoms with Crippen molar-refractivity contribution in [1.29, 1.82) is 0 Å². The maximum absolute atomic E-state index is 6.23. The van der Waals surface area contributed by atoms with Crippen LogP contribution < -0.4 is 0 Å². The number of nitrogens with zero attached hydrogens (tertiary/aromatic N) is 3. The first-order chi connectivity index (χ1) is 9.25. The maximum Gasteiger partial charge on any atom is 0.174 e. The van der Waals surface area contributed by atoms with Gasteiger partial charge in [-0.15, -0.1) is 11.3 Å². The first-order valence-electron chi connectivity index (χ1n) is 5.43. The summed E-state index contributed by atoms with van der Waals surface area (Å²) < 4.78 is 0. The Hall–Kier alpha value is -1.49. The highest BCUT2D eigenvalue weighted by Gasteiger charge is 2.14. The molecule has 0 atom stereocenters. The van der Waals surface area contributed by atoms with Gasteiger partial charge in [-0.05, 0) is 5.56 Å². The second-order valence-corrected chi connectivity index (χ2v) is 5.34. The summed E-state index contributed by atoms with van der Waals surface area (Å²) in [6.07, 6.45) is 1.69. The summed E-state index contributed by atoms with van der Waals surface area (Å²) in [4.78, 5) is 13.4. The van der Waals surface area contributed by atoms with Crippen LogP contribution in [0.4, 0.5) is 0 Å². The van der Waals surface area contributed by atoms with Crippen LogP contribution in [0.5, 0.6) is 0 Å². The molecular weight excluding hydrogens is 301 g/mol. The minimum atomic E-state index is 0.342. The lowest BCUT2D eigenvalue weighted by Gasteiger charge is -2.07. The first kappa shape index (κ1) is 12.5. The third-order valence-electron chi connectivity index (χ3n) is 2.54. The Balaban J connectivity index is 2.14. The normalized spacial score (nSPS) is 10.6. The molecule has 0 saturated heterocycles. The number of hydrogen-bond acceptors (Lipinski definition) is 4. The number of benzene rings is 1. The van der Waals surface area contributed by atoms with Gasteiger partial charge in [-0.25, -0.2) is 9.97 Å². The van der Waals surface area contributed by atoms with Crippen LogP contribution in [0.25, 0.3) is 21.8 Å². The van der Waals surface area contributed by atoms with Gasteiger partial charge < -0.3 is 0 Å². The minimum Gasteiger partial charge on any atom is -0.252 e. The van der Waals surface area contributed by atoms with E-state index in [9.17, 15) is 0 Å². The van der Waals surface area contributed by atoms with Gasteiger partial charge in [0.25, 0.3) is 0 Å². The van der Waals surface area contributed by atoms with E-state index in [1.807, 2.05) is 30.3 Å². The molecule has 0 amide bonds. The molecule has 0 aliphatic rings. The van der Waals surface area contributed by atoms with Crippen molar-refractivity contribution in [2.45, 2.75) is 0 Å². The summed E-state index contributed by atoms with van der Waals surface area (Å²) in [6, 6.07) is 9.60. The Morgan fingerprint density at radius 1 is 0.947 bits per heavy atom. The van der Waals surface area contributed by atoms with E-state index in [0.29, 0.717) is 21.7 Å². The van der Waals surface area contributed by atoms with Crippen LogP contribution in [0.1, 0.15) is 0 Å². The van der Waals surface area contributed by atoms with E-state index < -0.39 is 0 Å². The van der Waals surface area contributed by atoms with Crippen LogP contribution >= 0.6 is 34.5 Å². The highest BCUT2D eigenvalue weighted by Crippen LogP contribution is 2.34. The molecule has 3 nitrogen and oxygen atoms in total. The lowest BCUT2D eigenvalue weighted by atomic mass is 10.1. The summed E-state index contributed by atoms with van der Waals surface area (Å²) in [7, 11) is 0. The van der Waals surface area contributed by atoms with E-state index >= 15 is 0 Å². The van der Waals surface area contributed by atoms with E-state index in [2.05, 4.69) is 15.0 Å². The SMILES string of the molecule is Clc1nc(-c2cncs2)nc(Cl)c1-c1ccccc1. The van der Waals surface area contributed by atoms with Crippen molar-refractivity contribution >= 4 is 34.5 Å². The number of hydrogen-bond donors (Lipinski definition) is 0. The molecule has 2 aromatic heterocycles. The van der Waals surface area contributed by atoms with Crippen molar-refractivity contribution in [3.63, 3.8) is 0 Å². The Morgan fingerprint density at radius 2 is 1.63 bits per heavy atom. The fraction of sp³-hybridized carbons (Fsp3) is 0. The predicted octanol–water partition coefficient (Wildman–Crippen LogP) is 4.57. The summed E-state index contributed by atoms with van der Waals surface area (Å²) in [5.41, 5.74) is 3.26. The van der Waals surface area contributed by atoms with Gasteiger partial charge in [0.1, 0.15) is 10.3 Å². The molecule has 0 fully saturated rings. The zero-order valence-electron chi connectivity index (χ0n) is 9.55. The first-order valence-corrected chi connectivity index (χ1v) is 7.06. The maximum atomic E-state index is 6.23. The van der Waals surface area contributed by atoms with E-state index in [4.69, 9.17) is 23.2 Å². The standard InChI is InChI=1S/C13H7Cl2N3S/c14-11-10(8-4-2-1-3-5-8)12(15)18-13(17-11)9-6-16-7-19-9/h1-7H. The van der Waals surface area contributed by atoms with E-state index in [1.165, 1.54) is 11.3 Å². The molecule has 0 unspecified atom stereocenters. The lowest BCUT2D eigenvalue weighted by molar-refractivity contribution is 1.18. The van der Waals surface area contributed by atoms with Gasteiger partial charge in [0.2, 0.25) is 0 Å². The quantitative estimate of drug-likeness (QED) is 0.651. The molecule has 94 valence electrons. The van der Waals surface area contributed by atoms with Gasteiger partial charge in [-0.2, -0.15) is 0 Å². The Kier molecular flexibility index (Phi) is 3.46. The summed E-state index contributed by atoms with van der Waals surface area (Å²) in [5, 5.41) is 0.684. The van der Waals surface area contributed by atoms with Crippen molar-refractivity contribution in [3.8, 4) is 21.8 Å². The highest BCUT2D eigenvalue weighted by atomic mass is 35.5. The zero-order chi connectivity index (χ0) is 13.2. The van der Waals surface area contributed by atoms with Crippen LogP contribution in [0.2, 0.25) is 10.3 Å². The Bertz CT molecular complexity index is 676. The molecule has 6 heteroatoms. The van der Waals surface area contributed by atoms with Crippen molar-refractivity contribution in [2.24, 2.45) is 0 Å². The fourth-order valence-electron chi connectivity index (χ4n) is 1.69. The third kappa shape index (κ3) is 2.47. The molecule has 3 rings (SSSR count). The number of rotatable bonds is 2. The van der Waals surface area contributed by atoms with Gasteiger partial charge in [-0.3, -0.25) is 4.98 Å². The predicted molar refractivity (Wildman–Crippen MR) is 78.6 cm³/mol. The van der Waals surface area contributed by atoms with Crippen LogP contribution in [0.3, 0.4) is 0 Å². The molecule has 0 aliphatic carbocycles. The lowest BCUT2D eigenvalue weighted by Crippen LogP contribution is -1.93. The molecule has 0 saturated carbocycles. The second kappa shape index (κ2) is 5.25. The van der Waals surface area contributed by atoms with Gasteiger partial charge in [0.15, 0.2) is 5.82 Å². The molecule has 3 aromatic rings. The van der Waals surface area contributed by atoms with Crippen molar-refractivity contribution < 1.29 is 0 Å². The monoisotopic (exact) mass is 307 g/mol. The minimum absolute atomic E-state index is 0.342. The van der Waals surface area contributed by atoms with Gasteiger partial charge in [0, 0.05) is 6.20 Å². The highest BCUT2D eigenvalue weighted by molar-refractivity contribution is 7.13. The molecule has 0 N–H and O–H groups in total. The fourth-order valence-corrected chi connectivity index (χ4v) is 2.85. The molecule has 0 radical (unpaired) electrons. The van der Waals surface area contributed by atoms with Crippen LogP contribution in [0, 0.1) is 0 Å². The smallest absolute Gasteiger partial charge is 0.174 e. The van der Waals surface area contributed by atoms with Gasteiger partial charge in [0.05, 0.1) is 16.0 Å². The summed E-state index contributed by atoms with van der Waals surface area (Å²) in [6.45, 7) is 0. The average Bonchev–Trinajstić information content (AvgIpc) is 2.93. The molecule has 0 aliphatic heterocycles. The van der Waals surface area contributed by atoms with E-state index in [-0.39, 0.29) is 0 Å². The molecule has 0 spiro atoms. The van der Waals surface area contributed by atoms with Crippen molar-refractivity contribution in [1.82, 2.24) is 15.0 Å². The van der Waals surface area contributed by atoms with Crippen LogP contribution in [-0.4, -0.2) is 15.0 Å². The average molecular weight is 308 g/mol. The Labute approximate surface area is 123 Å². The topological polar surface area (TPSA) is 38.7 Å². The third-order valence-corrected chi connectivity index (χ3v) is 3.85. The number of thiazole rings is 1. The van der Waals surface area contributed by atoms with Gasteiger partial charge in [-0.1, -0.05) is 53.5 Å². The zero-order valence-corrected chi connectivity index (χ0v) is 11.9. The summed E-state index contributed by atoms with van der Waals surface area (Å²) in [5.74, 6) is 0.497. The molecule has 0 bridgehead atoms. The Morgan fingerprint density at radius 3 is 2.21 bits per heavy atom. The van der Waals surface area contributed by atoms with Crippen molar-refractivity contribution in [3.05, 3.63) is 52.3 Å². The molecule has 2 heterocycles. The molecular formula is C13H7Cl2N3S. The van der Waals surface area contributed by atoms with E-state index in [1.54, 1.807) is 11.7 Å². The second-order valence-electron chi connectivity index (χ2n) is 3.74. The largest absolute Gasteiger partial charge is 0.252 e. The number of halogens is 2. The van der Waals surface area contributed by atoms with Crippen LogP contribution in [-0.2, 0) is 0 Å². The van der Waals surface area contributed by atoms with Gasteiger partial charge >= 0.3 is 0 Å². The van der Waals surface area contributed by atoms with Crippen molar-refractivity contribution in [2.75, 3.05) is 0 Å².